The topological polar surface area (TPSA) is 35.8 Å². The Hall–Kier alpha value is -2.05. The minimum atomic E-state index is -1.36. The monoisotopic (exact) mass is 266 g/mol. The van der Waals surface area contributed by atoms with Crippen molar-refractivity contribution in [2.24, 2.45) is 0 Å². The van der Waals surface area contributed by atoms with Crippen molar-refractivity contribution in [1.29, 1.82) is 5.26 Å². The number of nitrogens with zero attached hydrogens (tertiary/aromatic N) is 1. The molecule has 2 aromatic rings. The third kappa shape index (κ3) is 3.24. The van der Waals surface area contributed by atoms with E-state index in [1.165, 1.54) is 10.9 Å². The van der Waals surface area contributed by atoms with Gasteiger partial charge in [-0.1, -0.05) is 37.8 Å². The van der Waals surface area contributed by atoms with Crippen LogP contribution in [0.1, 0.15) is 5.56 Å². The van der Waals surface area contributed by atoms with Gasteiger partial charge in [-0.2, -0.15) is 5.26 Å². The van der Waals surface area contributed by atoms with Crippen LogP contribution < -0.4 is 10.5 Å². The normalized spacial score (nSPS) is 10.8. The Balaban J connectivity index is 2.31. The molecule has 0 radical (unpaired) electrons. The van der Waals surface area contributed by atoms with Crippen molar-refractivity contribution in [2.45, 2.75) is 19.6 Å². The maximum absolute atomic E-state index is 8.80. The smallest absolute Gasteiger partial charge is 0.0991 e. The van der Waals surface area contributed by atoms with E-state index in [1.54, 1.807) is 0 Å². The van der Waals surface area contributed by atoms with E-state index < -0.39 is 8.07 Å². The van der Waals surface area contributed by atoms with E-state index in [9.17, 15) is 0 Å². The molecule has 0 spiro atoms. The van der Waals surface area contributed by atoms with Gasteiger partial charge in [0.15, 0.2) is 0 Å². The molecule has 3 heteroatoms. The van der Waals surface area contributed by atoms with E-state index >= 15 is 0 Å². The highest BCUT2D eigenvalue weighted by Gasteiger charge is 2.19. The van der Waals surface area contributed by atoms with Crippen molar-refractivity contribution in [3.63, 3.8) is 0 Å². The van der Waals surface area contributed by atoms with Crippen LogP contribution in [-0.2, 0) is 0 Å². The Morgan fingerprint density at radius 1 is 0.947 bits per heavy atom. The van der Waals surface area contributed by atoms with Crippen LogP contribution in [0.15, 0.2) is 48.5 Å². The fraction of sp³-hybridized carbons (Fsp3) is 0.188. The molecule has 0 aromatic heterocycles. The van der Waals surface area contributed by atoms with Gasteiger partial charge in [0.25, 0.3) is 0 Å². The van der Waals surface area contributed by atoms with Crippen LogP contribution in [0.25, 0.3) is 0 Å². The molecule has 19 heavy (non-hydrogen) atoms. The summed E-state index contributed by atoms with van der Waals surface area (Å²) in [6, 6.07) is 18.2. The summed E-state index contributed by atoms with van der Waals surface area (Å²) in [5.41, 5.74) is 2.88. The van der Waals surface area contributed by atoms with E-state index in [1.807, 2.05) is 24.3 Å². The molecule has 0 bridgehead atoms. The zero-order valence-electron chi connectivity index (χ0n) is 11.6. The van der Waals surface area contributed by atoms with Crippen LogP contribution in [0, 0.1) is 11.3 Å². The van der Waals surface area contributed by atoms with Crippen molar-refractivity contribution < 1.29 is 0 Å². The average Bonchev–Trinajstić information content (AvgIpc) is 2.39. The fourth-order valence-corrected chi connectivity index (χ4v) is 3.58. The largest absolute Gasteiger partial charge is 0.356 e. The van der Waals surface area contributed by atoms with Crippen LogP contribution in [0.5, 0.6) is 0 Å². The molecular weight excluding hydrogens is 248 g/mol. The van der Waals surface area contributed by atoms with Gasteiger partial charge >= 0.3 is 0 Å². The molecule has 2 aromatic carbocycles. The number of nitriles is 1. The molecule has 0 unspecified atom stereocenters. The van der Waals surface area contributed by atoms with Gasteiger partial charge in [0.2, 0.25) is 0 Å². The SMILES string of the molecule is C[Si](C)(C)c1ccccc1Nc1ccc(C#N)cc1. The van der Waals surface area contributed by atoms with E-state index in [2.05, 4.69) is 55.3 Å². The summed E-state index contributed by atoms with van der Waals surface area (Å²) < 4.78 is 0. The third-order valence-electron chi connectivity index (χ3n) is 3.03. The molecule has 0 aliphatic carbocycles. The highest BCUT2D eigenvalue weighted by atomic mass is 28.3. The summed E-state index contributed by atoms with van der Waals surface area (Å²) >= 11 is 0. The lowest BCUT2D eigenvalue weighted by atomic mass is 10.2. The number of benzene rings is 2. The summed E-state index contributed by atoms with van der Waals surface area (Å²) in [6.07, 6.45) is 0. The maximum Gasteiger partial charge on any atom is 0.0991 e. The molecule has 0 atom stereocenters. The minimum Gasteiger partial charge on any atom is -0.356 e. The molecule has 0 aliphatic heterocycles. The molecule has 0 aliphatic rings. The number of para-hydroxylation sites is 1. The van der Waals surface area contributed by atoms with Crippen LogP contribution >= 0.6 is 0 Å². The first kappa shape index (κ1) is 13.4. The van der Waals surface area contributed by atoms with E-state index in [0.717, 1.165) is 5.69 Å². The quantitative estimate of drug-likeness (QED) is 0.857. The van der Waals surface area contributed by atoms with Crippen LogP contribution in [-0.4, -0.2) is 8.07 Å². The van der Waals surface area contributed by atoms with Crippen LogP contribution in [0.4, 0.5) is 11.4 Å². The predicted octanol–water partition coefficient (Wildman–Crippen LogP) is 3.85. The Bertz CT molecular complexity index is 604. The van der Waals surface area contributed by atoms with E-state index in [4.69, 9.17) is 5.26 Å². The Kier molecular flexibility index (Phi) is 3.73. The molecule has 2 nitrogen and oxygen atoms in total. The van der Waals surface area contributed by atoms with Crippen molar-refractivity contribution in [3.8, 4) is 6.07 Å². The summed E-state index contributed by atoms with van der Waals surface area (Å²) in [7, 11) is -1.36. The average molecular weight is 266 g/mol. The molecular formula is C16H18N2Si. The summed E-state index contributed by atoms with van der Waals surface area (Å²) in [5, 5.41) is 13.7. The first-order chi connectivity index (χ1) is 9.00. The molecule has 2 rings (SSSR count). The third-order valence-corrected chi connectivity index (χ3v) is 5.08. The second-order valence-electron chi connectivity index (χ2n) is 5.61. The molecule has 96 valence electrons. The standard InChI is InChI=1S/C16H18N2Si/c1-19(2,3)16-7-5-4-6-15(16)18-14-10-8-13(12-17)9-11-14/h4-11,18H,1-3H3. The highest BCUT2D eigenvalue weighted by molar-refractivity contribution is 6.89. The zero-order chi connectivity index (χ0) is 13.9. The van der Waals surface area contributed by atoms with E-state index in [0.29, 0.717) is 5.56 Å². The van der Waals surface area contributed by atoms with Crippen molar-refractivity contribution in [3.05, 3.63) is 54.1 Å². The first-order valence-electron chi connectivity index (χ1n) is 6.37. The second-order valence-corrected chi connectivity index (χ2v) is 10.6. The fourth-order valence-electron chi connectivity index (χ4n) is 2.03. The number of hydrogen-bond donors (Lipinski definition) is 1. The molecule has 0 amide bonds. The predicted molar refractivity (Wildman–Crippen MR) is 83.9 cm³/mol. The lowest BCUT2D eigenvalue weighted by Crippen LogP contribution is -2.38. The second kappa shape index (κ2) is 5.29. The zero-order valence-corrected chi connectivity index (χ0v) is 12.6. The Morgan fingerprint density at radius 3 is 2.16 bits per heavy atom. The van der Waals surface area contributed by atoms with Crippen molar-refractivity contribution >= 4 is 24.6 Å². The molecule has 0 saturated carbocycles. The molecule has 0 heterocycles. The van der Waals surface area contributed by atoms with Crippen LogP contribution in [0.3, 0.4) is 0 Å². The summed E-state index contributed by atoms with van der Waals surface area (Å²) in [4.78, 5) is 0. The molecule has 1 N–H and O–H groups in total. The maximum atomic E-state index is 8.80. The highest BCUT2D eigenvalue weighted by Crippen LogP contribution is 2.18. The van der Waals surface area contributed by atoms with Crippen molar-refractivity contribution in [2.75, 3.05) is 5.32 Å². The van der Waals surface area contributed by atoms with Gasteiger partial charge in [-0.25, -0.2) is 0 Å². The van der Waals surface area contributed by atoms with Gasteiger partial charge in [0, 0.05) is 11.4 Å². The van der Waals surface area contributed by atoms with E-state index in [-0.39, 0.29) is 0 Å². The van der Waals surface area contributed by atoms with Gasteiger partial charge < -0.3 is 5.32 Å². The number of rotatable bonds is 3. The number of anilines is 2. The van der Waals surface area contributed by atoms with Gasteiger partial charge in [0.1, 0.15) is 0 Å². The minimum absolute atomic E-state index is 0.684. The summed E-state index contributed by atoms with van der Waals surface area (Å²) in [6.45, 7) is 7.02. The van der Waals surface area contributed by atoms with Crippen molar-refractivity contribution in [1.82, 2.24) is 0 Å². The Morgan fingerprint density at radius 2 is 1.58 bits per heavy atom. The van der Waals surface area contributed by atoms with Crippen LogP contribution in [0.2, 0.25) is 19.6 Å². The number of nitrogens with one attached hydrogen (secondary N) is 1. The first-order valence-corrected chi connectivity index (χ1v) is 9.87. The van der Waals surface area contributed by atoms with Gasteiger partial charge in [0.05, 0.1) is 19.7 Å². The van der Waals surface area contributed by atoms with Gasteiger partial charge in [-0.3, -0.25) is 0 Å². The molecule has 0 saturated heterocycles. The summed E-state index contributed by atoms with van der Waals surface area (Å²) in [5.74, 6) is 0. The van der Waals surface area contributed by atoms with Gasteiger partial charge in [-0.15, -0.1) is 0 Å². The lowest BCUT2D eigenvalue weighted by Gasteiger charge is -2.21. The van der Waals surface area contributed by atoms with Gasteiger partial charge in [-0.05, 0) is 35.5 Å². The number of hydrogen-bond acceptors (Lipinski definition) is 2. The molecule has 0 fully saturated rings. The lowest BCUT2D eigenvalue weighted by molar-refractivity contribution is 1.48. The Labute approximate surface area is 115 Å².